The van der Waals surface area contributed by atoms with Gasteiger partial charge in [-0.1, -0.05) is 26.2 Å². The summed E-state index contributed by atoms with van der Waals surface area (Å²) in [6, 6.07) is 0. The van der Waals surface area contributed by atoms with Crippen molar-refractivity contribution in [2.45, 2.75) is 43.9 Å². The van der Waals surface area contributed by atoms with Gasteiger partial charge in [0, 0.05) is 4.87 Å². The highest BCUT2D eigenvalue weighted by Gasteiger charge is 2.29. The molecule has 0 aromatic rings. The van der Waals surface area contributed by atoms with Gasteiger partial charge < -0.3 is 0 Å². The van der Waals surface area contributed by atoms with Gasteiger partial charge in [0.05, 0.1) is 0 Å². The van der Waals surface area contributed by atoms with Crippen molar-refractivity contribution >= 4 is 11.6 Å². The Hall–Kier alpha value is 0.290. The summed E-state index contributed by atoms with van der Waals surface area (Å²) < 4.78 is 0. The summed E-state index contributed by atoms with van der Waals surface area (Å²) >= 11 is 6.22. The van der Waals surface area contributed by atoms with Crippen molar-refractivity contribution in [2.24, 2.45) is 0 Å². The molecular formula is C8H14Cl. The maximum atomic E-state index is 6.22. The molecule has 0 atom stereocenters. The molecule has 1 rings (SSSR count). The molecule has 0 unspecified atom stereocenters. The van der Waals surface area contributed by atoms with Gasteiger partial charge in [0.2, 0.25) is 0 Å². The third-order valence-corrected chi connectivity index (χ3v) is 2.54. The molecule has 53 valence electrons. The summed E-state index contributed by atoms with van der Waals surface area (Å²) in [6.07, 6.45) is 8.40. The minimum atomic E-state index is 0.0920. The molecule has 0 bridgehead atoms. The Morgan fingerprint density at radius 1 is 1.44 bits per heavy atom. The number of alkyl halides is 1. The van der Waals surface area contributed by atoms with E-state index in [1.54, 1.807) is 0 Å². The quantitative estimate of drug-likeness (QED) is 0.524. The third-order valence-electron chi connectivity index (χ3n) is 2.00. The molecule has 0 nitrogen and oxygen atoms in total. The second-order valence-electron chi connectivity index (χ2n) is 2.85. The lowest BCUT2D eigenvalue weighted by Gasteiger charge is -2.18. The smallest absolute Gasteiger partial charge is 0.0478 e. The molecule has 0 aromatic heterocycles. The van der Waals surface area contributed by atoms with Crippen LogP contribution in [0.3, 0.4) is 0 Å². The summed E-state index contributed by atoms with van der Waals surface area (Å²) in [4.78, 5) is 0.0920. The molecular weight excluding hydrogens is 132 g/mol. The van der Waals surface area contributed by atoms with Gasteiger partial charge in [-0.15, -0.1) is 11.6 Å². The topological polar surface area (TPSA) is 0 Å². The minimum Gasteiger partial charge on any atom is -0.119 e. The molecule has 0 amide bonds. The monoisotopic (exact) mass is 145 g/mol. The number of halogens is 1. The Bertz CT molecular complexity index is 82.6. The predicted octanol–water partition coefficient (Wildman–Crippen LogP) is 3.15. The van der Waals surface area contributed by atoms with E-state index in [-0.39, 0.29) is 4.87 Å². The Morgan fingerprint density at radius 2 is 2.00 bits per heavy atom. The number of hydrogen-bond acceptors (Lipinski definition) is 0. The van der Waals surface area contributed by atoms with Crippen LogP contribution in [-0.2, 0) is 0 Å². The molecule has 1 aliphatic rings. The lowest BCUT2D eigenvalue weighted by Crippen LogP contribution is -2.15. The van der Waals surface area contributed by atoms with Crippen molar-refractivity contribution in [2.75, 3.05) is 0 Å². The fourth-order valence-corrected chi connectivity index (χ4v) is 1.95. The molecule has 1 heteroatoms. The molecule has 9 heavy (non-hydrogen) atoms. The molecule has 0 heterocycles. The molecule has 1 saturated carbocycles. The zero-order valence-corrected chi connectivity index (χ0v) is 6.75. The number of hydrogen-bond donors (Lipinski definition) is 0. The maximum Gasteiger partial charge on any atom is 0.0478 e. The Labute approximate surface area is 62.6 Å². The van der Waals surface area contributed by atoms with Crippen LogP contribution in [0.1, 0.15) is 39.0 Å². The highest BCUT2D eigenvalue weighted by atomic mass is 35.5. The average Bonchev–Trinajstić information content (AvgIpc) is 2.16. The van der Waals surface area contributed by atoms with Crippen LogP contribution in [-0.4, -0.2) is 4.87 Å². The first-order valence-corrected chi connectivity index (χ1v) is 4.18. The summed E-state index contributed by atoms with van der Waals surface area (Å²) in [5, 5.41) is 0. The standard InChI is InChI=1S/C8H14Cl/c1-2-5-8(9)6-3-4-7-8/h5H,2-4,6-7H2,1H3. The lowest BCUT2D eigenvalue weighted by atomic mass is 10.0. The Morgan fingerprint density at radius 3 is 2.44 bits per heavy atom. The summed E-state index contributed by atoms with van der Waals surface area (Å²) in [5.41, 5.74) is 0. The largest absolute Gasteiger partial charge is 0.119 e. The van der Waals surface area contributed by atoms with Crippen LogP contribution in [0, 0.1) is 6.42 Å². The maximum absolute atomic E-state index is 6.22. The molecule has 0 N–H and O–H groups in total. The van der Waals surface area contributed by atoms with Gasteiger partial charge in [-0.05, 0) is 19.3 Å². The molecule has 0 aliphatic heterocycles. The van der Waals surface area contributed by atoms with E-state index in [2.05, 4.69) is 13.3 Å². The number of rotatable bonds is 2. The van der Waals surface area contributed by atoms with Gasteiger partial charge in [-0.3, -0.25) is 0 Å². The van der Waals surface area contributed by atoms with E-state index in [4.69, 9.17) is 11.6 Å². The third kappa shape index (κ3) is 1.86. The summed E-state index contributed by atoms with van der Waals surface area (Å²) in [6.45, 7) is 2.16. The van der Waals surface area contributed by atoms with E-state index in [0.29, 0.717) is 0 Å². The first kappa shape index (κ1) is 7.40. The summed E-state index contributed by atoms with van der Waals surface area (Å²) in [7, 11) is 0. The highest BCUT2D eigenvalue weighted by molar-refractivity contribution is 6.25. The molecule has 0 saturated heterocycles. The van der Waals surface area contributed by atoms with Crippen LogP contribution in [0.2, 0.25) is 0 Å². The first-order valence-electron chi connectivity index (χ1n) is 3.80. The van der Waals surface area contributed by atoms with Crippen LogP contribution in [0.25, 0.3) is 0 Å². The van der Waals surface area contributed by atoms with Crippen LogP contribution in [0.15, 0.2) is 0 Å². The lowest BCUT2D eigenvalue weighted by molar-refractivity contribution is 0.656. The van der Waals surface area contributed by atoms with Crippen molar-refractivity contribution in [3.63, 3.8) is 0 Å². The SMILES string of the molecule is CC[CH]C1(Cl)CCCC1. The zero-order chi connectivity index (χ0) is 6.74. The van der Waals surface area contributed by atoms with E-state index in [1.165, 1.54) is 25.7 Å². The van der Waals surface area contributed by atoms with Gasteiger partial charge in [-0.25, -0.2) is 0 Å². The van der Waals surface area contributed by atoms with E-state index in [1.807, 2.05) is 0 Å². The Balaban J connectivity index is 2.32. The molecule has 1 radical (unpaired) electrons. The van der Waals surface area contributed by atoms with Crippen LogP contribution in [0.5, 0.6) is 0 Å². The van der Waals surface area contributed by atoms with Crippen LogP contribution >= 0.6 is 11.6 Å². The first-order chi connectivity index (χ1) is 4.27. The fraction of sp³-hybridized carbons (Fsp3) is 0.875. The highest BCUT2D eigenvalue weighted by Crippen LogP contribution is 2.38. The van der Waals surface area contributed by atoms with Crippen molar-refractivity contribution in [1.29, 1.82) is 0 Å². The molecule has 0 aromatic carbocycles. The van der Waals surface area contributed by atoms with Crippen LogP contribution in [0.4, 0.5) is 0 Å². The summed E-state index contributed by atoms with van der Waals surface area (Å²) in [5.74, 6) is 0. The zero-order valence-electron chi connectivity index (χ0n) is 5.99. The van der Waals surface area contributed by atoms with Gasteiger partial charge in [0.25, 0.3) is 0 Å². The van der Waals surface area contributed by atoms with E-state index < -0.39 is 0 Å². The Kier molecular flexibility index (Phi) is 2.40. The van der Waals surface area contributed by atoms with E-state index >= 15 is 0 Å². The second-order valence-corrected chi connectivity index (χ2v) is 3.61. The molecule has 1 aliphatic carbocycles. The van der Waals surface area contributed by atoms with E-state index in [9.17, 15) is 0 Å². The van der Waals surface area contributed by atoms with Gasteiger partial charge in [0.1, 0.15) is 0 Å². The van der Waals surface area contributed by atoms with E-state index in [0.717, 1.165) is 6.42 Å². The predicted molar refractivity (Wildman–Crippen MR) is 41.6 cm³/mol. The van der Waals surface area contributed by atoms with Crippen molar-refractivity contribution in [3.05, 3.63) is 6.42 Å². The van der Waals surface area contributed by atoms with Crippen LogP contribution < -0.4 is 0 Å². The second kappa shape index (κ2) is 2.92. The normalized spacial score (nSPS) is 24.7. The van der Waals surface area contributed by atoms with Crippen molar-refractivity contribution < 1.29 is 0 Å². The van der Waals surface area contributed by atoms with Gasteiger partial charge >= 0.3 is 0 Å². The van der Waals surface area contributed by atoms with Gasteiger partial charge in [0.15, 0.2) is 0 Å². The van der Waals surface area contributed by atoms with Gasteiger partial charge in [-0.2, -0.15) is 0 Å². The molecule has 0 spiro atoms. The average molecular weight is 146 g/mol. The minimum absolute atomic E-state index is 0.0920. The fourth-order valence-electron chi connectivity index (χ4n) is 1.53. The van der Waals surface area contributed by atoms with Crippen molar-refractivity contribution in [1.82, 2.24) is 0 Å². The van der Waals surface area contributed by atoms with Crippen molar-refractivity contribution in [3.8, 4) is 0 Å². The molecule has 1 fully saturated rings.